The van der Waals surface area contributed by atoms with Gasteiger partial charge >= 0.3 is 6.18 Å². The zero-order valence-corrected chi connectivity index (χ0v) is 14.3. The third-order valence-electron chi connectivity index (χ3n) is 3.00. The van der Waals surface area contributed by atoms with Crippen molar-refractivity contribution in [2.24, 2.45) is 0 Å². The van der Waals surface area contributed by atoms with E-state index in [0.717, 1.165) is 12.1 Å². The third kappa shape index (κ3) is 4.90. The van der Waals surface area contributed by atoms with Crippen LogP contribution < -0.4 is 4.72 Å². The molecule has 2 aromatic rings. The predicted octanol–water partition coefficient (Wildman–Crippen LogP) is 2.62. The van der Waals surface area contributed by atoms with Crippen molar-refractivity contribution >= 4 is 33.1 Å². The first-order valence-electron chi connectivity index (χ1n) is 6.77. The molecular formula is C15H9F3N2O4S2. The molecule has 0 aliphatic carbocycles. The number of carbonyl (C=O) groups is 2. The van der Waals surface area contributed by atoms with Crippen LogP contribution in [-0.2, 0) is 15.8 Å². The summed E-state index contributed by atoms with van der Waals surface area (Å²) >= 11 is 0.246. The largest absolute Gasteiger partial charge is 0.455 e. The van der Waals surface area contributed by atoms with Crippen LogP contribution in [0.5, 0.6) is 0 Å². The van der Waals surface area contributed by atoms with Gasteiger partial charge < -0.3 is 0 Å². The smallest absolute Gasteiger partial charge is 0.283 e. The molecule has 1 amide bonds. The summed E-state index contributed by atoms with van der Waals surface area (Å²) in [6.07, 6.45) is -5.08. The lowest BCUT2D eigenvalue weighted by Gasteiger charge is -2.06. The number of benzene rings is 1. The minimum absolute atomic E-state index is 0.246. The number of Topliss-reactive ketones (excluding diaryl/α,β-unsaturated/α-hetero) is 1. The summed E-state index contributed by atoms with van der Waals surface area (Å²) in [7, 11) is -4.12. The molecule has 0 fully saturated rings. The first-order chi connectivity index (χ1) is 12.0. The number of alkyl halides is 3. The van der Waals surface area contributed by atoms with Crippen molar-refractivity contribution in [3.8, 4) is 6.07 Å². The number of thiophene rings is 1. The monoisotopic (exact) mass is 402 g/mol. The minimum atomic E-state index is -5.08. The molecule has 11 heteroatoms. The molecule has 1 N–H and O–H groups in total. The van der Waals surface area contributed by atoms with Crippen LogP contribution in [0, 0.1) is 11.3 Å². The van der Waals surface area contributed by atoms with E-state index in [1.165, 1.54) is 24.3 Å². The molecule has 26 heavy (non-hydrogen) atoms. The summed E-state index contributed by atoms with van der Waals surface area (Å²) in [6.45, 7) is 0. The van der Waals surface area contributed by atoms with Gasteiger partial charge in [-0.05, 0) is 29.8 Å². The van der Waals surface area contributed by atoms with Crippen LogP contribution in [0.25, 0.3) is 0 Å². The Morgan fingerprint density at radius 3 is 2.19 bits per heavy atom. The highest BCUT2D eigenvalue weighted by atomic mass is 32.2. The molecule has 1 heterocycles. The van der Waals surface area contributed by atoms with Crippen molar-refractivity contribution in [2.75, 3.05) is 0 Å². The highest BCUT2D eigenvalue weighted by molar-refractivity contribution is 7.89. The molecule has 0 aliphatic heterocycles. The maximum Gasteiger partial charge on any atom is 0.455 e. The van der Waals surface area contributed by atoms with Gasteiger partial charge in [0.05, 0.1) is 27.1 Å². The Labute approximate surface area is 149 Å². The van der Waals surface area contributed by atoms with Gasteiger partial charge in [-0.3, -0.25) is 9.59 Å². The van der Waals surface area contributed by atoms with Crippen molar-refractivity contribution in [1.29, 1.82) is 5.26 Å². The first kappa shape index (κ1) is 19.6. The van der Waals surface area contributed by atoms with E-state index in [9.17, 15) is 31.2 Å². The van der Waals surface area contributed by atoms with E-state index < -0.39 is 38.5 Å². The Morgan fingerprint density at radius 2 is 1.65 bits per heavy atom. The Kier molecular flexibility index (Phi) is 5.48. The number of rotatable bonds is 5. The van der Waals surface area contributed by atoms with Crippen LogP contribution in [0.3, 0.4) is 0 Å². The number of halogens is 3. The molecule has 0 saturated carbocycles. The van der Waals surface area contributed by atoms with Crippen LogP contribution in [-0.4, -0.2) is 26.3 Å². The van der Waals surface area contributed by atoms with E-state index in [-0.39, 0.29) is 16.2 Å². The molecular weight excluding hydrogens is 393 g/mol. The second kappa shape index (κ2) is 7.27. The van der Waals surface area contributed by atoms with Gasteiger partial charge in [0.1, 0.15) is 0 Å². The number of carbonyl (C=O) groups excluding carboxylic acids is 2. The molecule has 0 saturated heterocycles. The fourth-order valence-corrected chi connectivity index (χ4v) is 3.87. The highest BCUT2D eigenvalue weighted by Gasteiger charge is 2.40. The quantitative estimate of drug-likeness (QED) is 0.775. The lowest BCUT2D eigenvalue weighted by atomic mass is 10.2. The summed E-state index contributed by atoms with van der Waals surface area (Å²) in [4.78, 5) is 22.0. The van der Waals surface area contributed by atoms with Crippen molar-refractivity contribution in [3.63, 3.8) is 0 Å². The first-order valence-corrected chi connectivity index (χ1v) is 9.24. The molecule has 0 unspecified atom stereocenters. The van der Waals surface area contributed by atoms with Crippen LogP contribution in [0.2, 0.25) is 0 Å². The van der Waals surface area contributed by atoms with E-state index in [1.807, 2.05) is 6.07 Å². The van der Waals surface area contributed by atoms with E-state index in [2.05, 4.69) is 0 Å². The second-order valence-corrected chi connectivity index (χ2v) is 7.80. The fraction of sp³-hybridized carbons (Fsp3) is 0.133. The van der Waals surface area contributed by atoms with Crippen LogP contribution in [0.15, 0.2) is 36.4 Å². The fourth-order valence-electron chi connectivity index (χ4n) is 1.84. The van der Waals surface area contributed by atoms with Crippen molar-refractivity contribution < 1.29 is 31.2 Å². The van der Waals surface area contributed by atoms with Crippen molar-refractivity contribution in [3.05, 3.63) is 57.3 Å². The van der Waals surface area contributed by atoms with E-state index in [4.69, 9.17) is 5.26 Å². The van der Waals surface area contributed by atoms with Crippen LogP contribution in [0.4, 0.5) is 13.2 Å². The van der Waals surface area contributed by atoms with Crippen molar-refractivity contribution in [1.82, 2.24) is 4.72 Å². The summed E-state index contributed by atoms with van der Waals surface area (Å²) in [5.41, 5.74) is 0.638. The van der Waals surface area contributed by atoms with Gasteiger partial charge in [-0.25, -0.2) is 13.1 Å². The van der Waals surface area contributed by atoms with Gasteiger partial charge in [-0.2, -0.15) is 18.4 Å². The molecule has 6 nitrogen and oxygen atoms in total. The Hall–Kier alpha value is -2.71. The average molecular weight is 402 g/mol. The normalized spacial score (nSPS) is 11.6. The minimum Gasteiger partial charge on any atom is -0.283 e. The standard InChI is InChI=1S/C15H9F3N2O4S2/c16-15(17,18)13(21)11-5-6-12(25-11)14(22)20-26(23,24)8-10-3-1-9(7-19)2-4-10/h1-6H,8H2,(H,20,22). The number of amides is 1. The lowest BCUT2D eigenvalue weighted by Crippen LogP contribution is -2.31. The molecule has 0 spiro atoms. The van der Waals surface area contributed by atoms with Gasteiger partial charge in [-0.15, -0.1) is 11.3 Å². The average Bonchev–Trinajstić information content (AvgIpc) is 3.03. The topological polar surface area (TPSA) is 104 Å². The number of hydrogen-bond acceptors (Lipinski definition) is 6. The van der Waals surface area contributed by atoms with E-state index in [0.29, 0.717) is 11.1 Å². The van der Waals surface area contributed by atoms with Gasteiger partial charge in [0.2, 0.25) is 10.0 Å². The maximum atomic E-state index is 12.4. The van der Waals surface area contributed by atoms with E-state index >= 15 is 0 Å². The zero-order valence-electron chi connectivity index (χ0n) is 12.7. The number of nitrogens with zero attached hydrogens (tertiary/aromatic N) is 1. The zero-order chi connectivity index (χ0) is 19.5. The molecule has 0 radical (unpaired) electrons. The molecule has 1 aromatic carbocycles. The number of nitriles is 1. The van der Waals surface area contributed by atoms with Gasteiger partial charge in [-0.1, -0.05) is 12.1 Å². The Balaban J connectivity index is 2.09. The number of sulfonamides is 1. The second-order valence-electron chi connectivity index (χ2n) is 4.99. The van der Waals surface area contributed by atoms with Crippen LogP contribution >= 0.6 is 11.3 Å². The van der Waals surface area contributed by atoms with Gasteiger partial charge in [0.25, 0.3) is 11.7 Å². The SMILES string of the molecule is N#Cc1ccc(CS(=O)(=O)NC(=O)c2ccc(C(=O)C(F)(F)F)s2)cc1. The molecule has 0 bridgehead atoms. The summed E-state index contributed by atoms with van der Waals surface area (Å²) in [5, 5.41) is 8.68. The highest BCUT2D eigenvalue weighted by Crippen LogP contribution is 2.26. The van der Waals surface area contributed by atoms with Gasteiger partial charge in [0, 0.05) is 0 Å². The van der Waals surface area contributed by atoms with Gasteiger partial charge in [0.15, 0.2) is 0 Å². The molecule has 0 atom stereocenters. The Bertz CT molecular complexity index is 987. The van der Waals surface area contributed by atoms with Crippen molar-refractivity contribution in [2.45, 2.75) is 11.9 Å². The molecule has 2 rings (SSSR count). The summed E-state index contributed by atoms with van der Waals surface area (Å²) < 4.78 is 62.8. The molecule has 136 valence electrons. The number of hydrogen-bond donors (Lipinski definition) is 1. The number of nitrogens with one attached hydrogen (secondary N) is 1. The maximum absolute atomic E-state index is 12.4. The third-order valence-corrected chi connectivity index (χ3v) is 5.29. The molecule has 1 aromatic heterocycles. The molecule has 0 aliphatic rings. The van der Waals surface area contributed by atoms with E-state index in [1.54, 1.807) is 4.72 Å². The summed E-state index contributed by atoms with van der Waals surface area (Å²) in [6, 6.07) is 9.22. The Morgan fingerprint density at radius 1 is 1.08 bits per heavy atom. The van der Waals surface area contributed by atoms with Crippen LogP contribution in [0.1, 0.15) is 30.5 Å². The lowest BCUT2D eigenvalue weighted by molar-refractivity contribution is -0.0882. The summed E-state index contributed by atoms with van der Waals surface area (Å²) in [5.74, 6) is -3.81. The number of ketones is 1. The predicted molar refractivity (Wildman–Crippen MR) is 86.0 cm³/mol.